The monoisotopic (exact) mass is 601 g/mol. The van der Waals surface area contributed by atoms with Gasteiger partial charge in [-0.2, -0.15) is 0 Å². The lowest BCUT2D eigenvalue weighted by Crippen LogP contribution is -1.95. The predicted octanol–water partition coefficient (Wildman–Crippen LogP) is 9.73. The normalized spacial score (nSPS) is 9.71. The zero-order valence-corrected chi connectivity index (χ0v) is 31.2. The summed E-state index contributed by atoms with van der Waals surface area (Å²) in [7, 11) is 0. The zero-order valence-electron chi connectivity index (χ0n) is 31.2. The zero-order chi connectivity index (χ0) is 35.2. The SMILES string of the molecule is CC(=O)CC(C)C.CC(=O)CC(C)C.CC(=O)CC(C)C.CC(=O)CC(C)C.CC(=O)CC(C)C.CC(=O)CC(C)C. The molecule has 0 saturated carbocycles. The molecule has 0 aliphatic carbocycles. The first-order valence-corrected chi connectivity index (χ1v) is 15.7. The summed E-state index contributed by atoms with van der Waals surface area (Å²) in [6.07, 6.45) is 4.33. The molecule has 0 aliphatic heterocycles. The van der Waals surface area contributed by atoms with Gasteiger partial charge in [0.15, 0.2) is 0 Å². The van der Waals surface area contributed by atoms with Gasteiger partial charge in [-0.05, 0) is 77.0 Å². The Bertz CT molecular complexity index is 543. The highest BCUT2D eigenvalue weighted by Crippen LogP contribution is 2.00. The van der Waals surface area contributed by atoms with Crippen LogP contribution in [0.2, 0.25) is 0 Å². The van der Waals surface area contributed by atoms with Crippen LogP contribution in [0.15, 0.2) is 0 Å². The molecule has 252 valence electrons. The van der Waals surface area contributed by atoms with Crippen molar-refractivity contribution in [3.05, 3.63) is 0 Å². The molecule has 6 nitrogen and oxygen atoms in total. The quantitative estimate of drug-likeness (QED) is 0.221. The Kier molecular flexibility index (Phi) is 44.1. The minimum absolute atomic E-state index is 0.287. The lowest BCUT2D eigenvalue weighted by molar-refractivity contribution is -0.118. The molecule has 0 radical (unpaired) electrons. The van der Waals surface area contributed by atoms with E-state index in [2.05, 4.69) is 0 Å². The Morgan fingerprint density at radius 2 is 0.333 bits per heavy atom. The third kappa shape index (κ3) is 107. The number of carbonyl (C=O) groups excluding carboxylic acids is 6. The van der Waals surface area contributed by atoms with Crippen LogP contribution in [0.1, 0.15) is 163 Å². The van der Waals surface area contributed by atoms with Gasteiger partial charge in [0.25, 0.3) is 0 Å². The minimum atomic E-state index is 0.287. The third-order valence-corrected chi connectivity index (χ3v) is 4.17. The number of hydrogen-bond donors (Lipinski definition) is 0. The molecule has 0 aromatic heterocycles. The van der Waals surface area contributed by atoms with E-state index in [0.717, 1.165) is 38.5 Å². The Morgan fingerprint density at radius 1 is 0.262 bits per heavy atom. The molecule has 0 aliphatic rings. The van der Waals surface area contributed by atoms with Gasteiger partial charge in [-0.3, -0.25) is 0 Å². The maximum Gasteiger partial charge on any atom is 0.130 e. The Balaban J connectivity index is -0.0000000926. The molecule has 0 fully saturated rings. The van der Waals surface area contributed by atoms with Crippen LogP contribution in [0, 0.1) is 35.5 Å². The van der Waals surface area contributed by atoms with E-state index < -0.39 is 0 Å². The topological polar surface area (TPSA) is 102 Å². The summed E-state index contributed by atoms with van der Waals surface area (Å²) in [5.74, 6) is 4.88. The second-order valence-electron chi connectivity index (χ2n) is 13.8. The number of rotatable bonds is 12. The smallest absolute Gasteiger partial charge is 0.130 e. The van der Waals surface area contributed by atoms with Crippen molar-refractivity contribution < 1.29 is 28.8 Å². The first-order chi connectivity index (χ1) is 18.8. The lowest BCUT2D eigenvalue weighted by atomic mass is 10.1. The van der Waals surface area contributed by atoms with Crippen LogP contribution < -0.4 is 0 Å². The lowest BCUT2D eigenvalue weighted by Gasteiger charge is -1.95. The van der Waals surface area contributed by atoms with Crippen molar-refractivity contribution >= 4 is 34.7 Å². The molecular formula is C36H72O6. The Morgan fingerprint density at radius 3 is 0.333 bits per heavy atom. The van der Waals surface area contributed by atoms with Crippen molar-refractivity contribution in [3.63, 3.8) is 0 Å². The highest BCUT2D eigenvalue weighted by atomic mass is 16.1. The molecule has 0 bridgehead atoms. The fourth-order valence-electron chi connectivity index (χ4n) is 3.45. The van der Waals surface area contributed by atoms with Gasteiger partial charge in [0.2, 0.25) is 0 Å². The van der Waals surface area contributed by atoms with Crippen LogP contribution in [0.5, 0.6) is 0 Å². The van der Waals surface area contributed by atoms with Crippen LogP contribution in [0.3, 0.4) is 0 Å². The molecule has 0 heterocycles. The van der Waals surface area contributed by atoms with E-state index >= 15 is 0 Å². The molecule has 0 aromatic carbocycles. The molecule has 0 aromatic rings. The van der Waals surface area contributed by atoms with E-state index in [1.54, 1.807) is 41.5 Å². The van der Waals surface area contributed by atoms with Crippen LogP contribution in [0.25, 0.3) is 0 Å². The second-order valence-corrected chi connectivity index (χ2v) is 13.8. The average Bonchev–Trinajstić information content (AvgIpc) is 2.63. The van der Waals surface area contributed by atoms with E-state index in [0.29, 0.717) is 35.5 Å². The summed E-state index contributed by atoms with van der Waals surface area (Å²) in [5.41, 5.74) is 0. The van der Waals surface area contributed by atoms with Crippen LogP contribution in [-0.2, 0) is 28.8 Å². The van der Waals surface area contributed by atoms with Crippen LogP contribution in [-0.4, -0.2) is 34.7 Å². The number of carbonyl (C=O) groups is 6. The van der Waals surface area contributed by atoms with Crippen molar-refractivity contribution in [2.24, 2.45) is 35.5 Å². The number of ketones is 6. The van der Waals surface area contributed by atoms with Crippen molar-refractivity contribution in [3.8, 4) is 0 Å². The van der Waals surface area contributed by atoms with Crippen LogP contribution in [0.4, 0.5) is 0 Å². The second kappa shape index (κ2) is 35.2. The number of Topliss-reactive ketones (excluding diaryl/α,β-unsaturated/α-hetero) is 6. The Hall–Kier alpha value is -1.98. The van der Waals surface area contributed by atoms with Gasteiger partial charge in [0, 0.05) is 38.5 Å². The van der Waals surface area contributed by atoms with E-state index in [-0.39, 0.29) is 34.7 Å². The molecule has 0 spiro atoms. The van der Waals surface area contributed by atoms with Crippen molar-refractivity contribution in [1.82, 2.24) is 0 Å². The summed E-state index contributed by atoms with van der Waals surface area (Å²) in [6.45, 7) is 34.3. The van der Waals surface area contributed by atoms with Gasteiger partial charge in [-0.25, -0.2) is 0 Å². The molecular weight excluding hydrogens is 528 g/mol. The fraction of sp³-hybridized carbons (Fsp3) is 0.833. The van der Waals surface area contributed by atoms with Gasteiger partial charge in [0.05, 0.1) is 0 Å². The summed E-state index contributed by atoms with van der Waals surface area (Å²) in [5, 5.41) is 0. The highest BCUT2D eigenvalue weighted by molar-refractivity contribution is 5.77. The summed E-state index contributed by atoms with van der Waals surface area (Å²) in [4.78, 5) is 61.5. The van der Waals surface area contributed by atoms with Gasteiger partial charge in [0.1, 0.15) is 34.7 Å². The molecule has 0 unspecified atom stereocenters. The van der Waals surface area contributed by atoms with Gasteiger partial charge in [-0.1, -0.05) is 83.1 Å². The van der Waals surface area contributed by atoms with E-state index in [1.807, 2.05) is 83.1 Å². The van der Waals surface area contributed by atoms with Crippen molar-refractivity contribution in [2.45, 2.75) is 163 Å². The maximum atomic E-state index is 10.3. The first kappa shape index (κ1) is 52.6. The van der Waals surface area contributed by atoms with Crippen molar-refractivity contribution in [2.75, 3.05) is 0 Å². The van der Waals surface area contributed by atoms with Gasteiger partial charge in [-0.15, -0.1) is 0 Å². The summed E-state index contributed by atoms with van der Waals surface area (Å²) < 4.78 is 0. The Labute approximate surface area is 262 Å². The molecule has 0 N–H and O–H groups in total. The first-order valence-electron chi connectivity index (χ1n) is 15.7. The largest absolute Gasteiger partial charge is 0.300 e. The minimum Gasteiger partial charge on any atom is -0.300 e. The van der Waals surface area contributed by atoms with E-state index in [1.165, 1.54) is 0 Å². The summed E-state index contributed by atoms with van der Waals surface area (Å²) >= 11 is 0. The predicted molar refractivity (Wildman–Crippen MR) is 181 cm³/mol. The average molecular weight is 601 g/mol. The van der Waals surface area contributed by atoms with Gasteiger partial charge < -0.3 is 28.8 Å². The fourth-order valence-corrected chi connectivity index (χ4v) is 3.45. The molecule has 0 rings (SSSR count). The summed E-state index contributed by atoms with van der Waals surface area (Å²) in [6, 6.07) is 0. The van der Waals surface area contributed by atoms with Gasteiger partial charge >= 0.3 is 0 Å². The highest BCUT2D eigenvalue weighted by Gasteiger charge is 1.98. The molecule has 0 saturated heterocycles. The molecule has 6 heteroatoms. The molecule has 0 amide bonds. The van der Waals surface area contributed by atoms with Crippen LogP contribution >= 0.6 is 0 Å². The third-order valence-electron chi connectivity index (χ3n) is 4.17. The van der Waals surface area contributed by atoms with E-state index in [9.17, 15) is 28.8 Å². The molecule has 0 atom stereocenters. The maximum absolute atomic E-state index is 10.3. The molecule has 42 heavy (non-hydrogen) atoms. The standard InChI is InChI=1S/6C6H12O/c6*1-5(2)4-6(3)7/h6*5H,4H2,1-3H3. The van der Waals surface area contributed by atoms with Crippen molar-refractivity contribution in [1.29, 1.82) is 0 Å². The number of hydrogen-bond acceptors (Lipinski definition) is 6. The van der Waals surface area contributed by atoms with E-state index in [4.69, 9.17) is 0 Å².